The maximum absolute atomic E-state index is 13.2. The minimum atomic E-state index is -0.314. The van der Waals surface area contributed by atoms with E-state index in [2.05, 4.69) is 10.4 Å². The molecular formula is C20H18FN3O2. The summed E-state index contributed by atoms with van der Waals surface area (Å²) in [6.45, 7) is 2.55. The van der Waals surface area contributed by atoms with Crippen molar-refractivity contribution in [2.75, 3.05) is 11.9 Å². The molecule has 0 fully saturated rings. The summed E-state index contributed by atoms with van der Waals surface area (Å²) in [7, 11) is 0. The highest BCUT2D eigenvalue weighted by Gasteiger charge is 2.30. The van der Waals surface area contributed by atoms with Crippen LogP contribution in [0.4, 0.5) is 10.2 Å². The minimum absolute atomic E-state index is 0.0692. The molecule has 2 aromatic carbocycles. The van der Waals surface area contributed by atoms with Gasteiger partial charge >= 0.3 is 0 Å². The molecule has 1 amide bonds. The van der Waals surface area contributed by atoms with Crippen molar-refractivity contribution in [2.45, 2.75) is 19.3 Å². The molecule has 1 aliphatic rings. The Morgan fingerprint density at radius 2 is 1.92 bits per heavy atom. The fourth-order valence-electron chi connectivity index (χ4n) is 3.26. The van der Waals surface area contributed by atoms with Crippen LogP contribution in [0.5, 0.6) is 5.75 Å². The number of aromatic nitrogens is 2. The zero-order valence-corrected chi connectivity index (χ0v) is 14.3. The Labute approximate surface area is 150 Å². The summed E-state index contributed by atoms with van der Waals surface area (Å²) >= 11 is 0. The lowest BCUT2D eigenvalue weighted by atomic mass is 9.87. The van der Waals surface area contributed by atoms with Gasteiger partial charge in [0.15, 0.2) is 0 Å². The molecule has 0 bridgehead atoms. The van der Waals surface area contributed by atoms with Gasteiger partial charge in [-0.15, -0.1) is 0 Å². The Bertz CT molecular complexity index is 933. The molecule has 0 spiro atoms. The molecule has 1 atom stereocenters. The van der Waals surface area contributed by atoms with Gasteiger partial charge in [0.05, 0.1) is 18.5 Å². The van der Waals surface area contributed by atoms with Gasteiger partial charge in [-0.25, -0.2) is 9.07 Å². The second kappa shape index (κ2) is 6.63. The van der Waals surface area contributed by atoms with Gasteiger partial charge in [-0.05, 0) is 48.9 Å². The summed E-state index contributed by atoms with van der Waals surface area (Å²) < 4.78 is 20.3. The fourth-order valence-corrected chi connectivity index (χ4v) is 3.26. The molecule has 0 saturated heterocycles. The third kappa shape index (κ3) is 2.94. The number of nitrogens with one attached hydrogen (secondary N) is 1. The Hall–Kier alpha value is -3.15. The molecule has 132 valence electrons. The summed E-state index contributed by atoms with van der Waals surface area (Å²) in [5.41, 5.74) is 2.67. The van der Waals surface area contributed by atoms with E-state index in [-0.39, 0.29) is 17.6 Å². The maximum atomic E-state index is 13.2. The number of amides is 1. The van der Waals surface area contributed by atoms with Gasteiger partial charge in [-0.3, -0.25) is 4.79 Å². The Kier molecular flexibility index (Phi) is 4.16. The molecule has 0 radical (unpaired) electrons. The number of fused-ring (bicyclic) bond motifs is 1. The quantitative estimate of drug-likeness (QED) is 0.776. The standard InChI is InChI=1S/C20H18FN3O2/c1-2-26-16-9-3-13(4-10-16)17-11-19(25)23-20-18(17)12-22-24(20)15-7-5-14(21)6-8-15/h3-10,12,17H,2,11H2,1H3,(H,23,25)/t17-/m0/s1. The number of anilines is 1. The van der Waals surface area contributed by atoms with Crippen molar-refractivity contribution in [3.8, 4) is 11.4 Å². The number of carbonyl (C=O) groups is 1. The third-order valence-corrected chi connectivity index (χ3v) is 4.48. The van der Waals surface area contributed by atoms with Crippen molar-refractivity contribution in [3.05, 3.63) is 71.7 Å². The van der Waals surface area contributed by atoms with Crippen LogP contribution in [-0.2, 0) is 4.79 Å². The predicted octanol–water partition coefficient (Wildman–Crippen LogP) is 3.88. The predicted molar refractivity (Wildman–Crippen MR) is 96.2 cm³/mol. The second-order valence-electron chi connectivity index (χ2n) is 6.14. The second-order valence-corrected chi connectivity index (χ2v) is 6.14. The topological polar surface area (TPSA) is 56.1 Å². The molecule has 1 N–H and O–H groups in total. The molecule has 0 unspecified atom stereocenters. The molecule has 2 heterocycles. The molecule has 6 heteroatoms. The monoisotopic (exact) mass is 351 g/mol. The first-order valence-electron chi connectivity index (χ1n) is 8.52. The van der Waals surface area contributed by atoms with E-state index in [1.54, 1.807) is 23.0 Å². The molecule has 0 aliphatic carbocycles. The highest BCUT2D eigenvalue weighted by Crippen LogP contribution is 2.38. The number of ether oxygens (including phenoxy) is 1. The van der Waals surface area contributed by atoms with E-state index in [0.717, 1.165) is 16.9 Å². The summed E-state index contributed by atoms with van der Waals surface area (Å²) in [4.78, 5) is 12.3. The van der Waals surface area contributed by atoms with Gasteiger partial charge in [0.2, 0.25) is 5.91 Å². The van der Waals surface area contributed by atoms with Gasteiger partial charge in [-0.1, -0.05) is 12.1 Å². The van der Waals surface area contributed by atoms with Crippen LogP contribution >= 0.6 is 0 Å². The van der Waals surface area contributed by atoms with E-state index in [4.69, 9.17) is 4.74 Å². The maximum Gasteiger partial charge on any atom is 0.226 e. The first kappa shape index (κ1) is 16.3. The summed E-state index contributed by atoms with van der Waals surface area (Å²) in [6.07, 6.45) is 2.12. The first-order chi connectivity index (χ1) is 12.7. The lowest BCUT2D eigenvalue weighted by molar-refractivity contribution is -0.116. The number of rotatable bonds is 4. The van der Waals surface area contributed by atoms with Crippen LogP contribution < -0.4 is 10.1 Å². The number of nitrogens with zero attached hydrogens (tertiary/aromatic N) is 2. The van der Waals surface area contributed by atoms with Crippen molar-refractivity contribution in [1.82, 2.24) is 9.78 Å². The minimum Gasteiger partial charge on any atom is -0.494 e. The van der Waals surface area contributed by atoms with Crippen LogP contribution in [0.3, 0.4) is 0 Å². The molecule has 26 heavy (non-hydrogen) atoms. The van der Waals surface area contributed by atoms with E-state index >= 15 is 0 Å². The van der Waals surface area contributed by atoms with E-state index in [1.165, 1.54) is 12.1 Å². The zero-order valence-electron chi connectivity index (χ0n) is 14.3. The molecule has 1 aromatic heterocycles. The van der Waals surface area contributed by atoms with Crippen molar-refractivity contribution in [1.29, 1.82) is 0 Å². The fraction of sp³-hybridized carbons (Fsp3) is 0.200. The van der Waals surface area contributed by atoms with Crippen LogP contribution in [0.2, 0.25) is 0 Å². The smallest absolute Gasteiger partial charge is 0.226 e. The number of hydrogen-bond donors (Lipinski definition) is 1. The molecule has 3 aromatic rings. The number of benzene rings is 2. The average Bonchev–Trinajstić information content (AvgIpc) is 3.06. The highest BCUT2D eigenvalue weighted by atomic mass is 19.1. The van der Waals surface area contributed by atoms with E-state index in [0.29, 0.717) is 24.5 Å². The van der Waals surface area contributed by atoms with E-state index < -0.39 is 0 Å². The van der Waals surface area contributed by atoms with Crippen molar-refractivity contribution >= 4 is 11.7 Å². The first-order valence-corrected chi connectivity index (χ1v) is 8.52. The van der Waals surface area contributed by atoms with Gasteiger partial charge in [-0.2, -0.15) is 5.10 Å². The van der Waals surface area contributed by atoms with Crippen molar-refractivity contribution < 1.29 is 13.9 Å². The van der Waals surface area contributed by atoms with Crippen LogP contribution in [-0.4, -0.2) is 22.3 Å². The number of carbonyl (C=O) groups excluding carboxylic acids is 1. The Morgan fingerprint density at radius 3 is 2.62 bits per heavy atom. The van der Waals surface area contributed by atoms with Crippen LogP contribution in [0, 0.1) is 5.82 Å². The zero-order chi connectivity index (χ0) is 18.1. The van der Waals surface area contributed by atoms with Crippen LogP contribution in [0.1, 0.15) is 30.4 Å². The van der Waals surface area contributed by atoms with Crippen molar-refractivity contribution in [2.24, 2.45) is 0 Å². The highest BCUT2D eigenvalue weighted by molar-refractivity contribution is 5.94. The third-order valence-electron chi connectivity index (χ3n) is 4.48. The van der Waals surface area contributed by atoms with Gasteiger partial charge < -0.3 is 10.1 Å². The average molecular weight is 351 g/mol. The Balaban J connectivity index is 1.72. The molecular weight excluding hydrogens is 333 g/mol. The molecule has 5 nitrogen and oxygen atoms in total. The van der Waals surface area contributed by atoms with Gasteiger partial charge in [0, 0.05) is 17.9 Å². The van der Waals surface area contributed by atoms with Gasteiger partial charge in [0.1, 0.15) is 17.4 Å². The summed E-state index contributed by atoms with van der Waals surface area (Å²) in [6, 6.07) is 13.8. The number of hydrogen-bond acceptors (Lipinski definition) is 3. The Morgan fingerprint density at radius 1 is 1.19 bits per heavy atom. The summed E-state index contributed by atoms with van der Waals surface area (Å²) in [5, 5.41) is 7.31. The van der Waals surface area contributed by atoms with E-state index in [1.807, 2.05) is 31.2 Å². The van der Waals surface area contributed by atoms with Crippen LogP contribution in [0.15, 0.2) is 54.7 Å². The van der Waals surface area contributed by atoms with Crippen LogP contribution in [0.25, 0.3) is 5.69 Å². The largest absolute Gasteiger partial charge is 0.494 e. The summed E-state index contributed by atoms with van der Waals surface area (Å²) in [5.74, 6) is 0.973. The molecule has 4 rings (SSSR count). The lowest BCUT2D eigenvalue weighted by Gasteiger charge is -2.24. The molecule has 0 saturated carbocycles. The normalized spacial score (nSPS) is 16.1. The lowest BCUT2D eigenvalue weighted by Crippen LogP contribution is -2.24. The SMILES string of the molecule is CCOc1ccc([C@@H]2CC(=O)Nc3c2cnn3-c2ccc(F)cc2)cc1. The van der Waals surface area contributed by atoms with Crippen molar-refractivity contribution in [3.63, 3.8) is 0 Å². The van der Waals surface area contributed by atoms with E-state index in [9.17, 15) is 9.18 Å². The molecule has 1 aliphatic heterocycles. The number of halogens is 1. The van der Waals surface area contributed by atoms with Gasteiger partial charge in [0.25, 0.3) is 0 Å².